The Kier molecular flexibility index (Phi) is 6.45. The van der Waals surface area contributed by atoms with Gasteiger partial charge in [-0.1, -0.05) is 23.9 Å². The zero-order valence-electron chi connectivity index (χ0n) is 15.9. The number of rotatable bonds is 8. The zero-order chi connectivity index (χ0) is 20.1. The van der Waals surface area contributed by atoms with Crippen LogP contribution in [0.25, 0.3) is 0 Å². The topological polar surface area (TPSA) is 99.8 Å². The van der Waals surface area contributed by atoms with Gasteiger partial charge < -0.3 is 20.7 Å². The number of imide groups is 1. The molecule has 0 bridgehead atoms. The molecule has 0 radical (unpaired) electrons. The van der Waals surface area contributed by atoms with E-state index in [0.717, 1.165) is 17.0 Å². The van der Waals surface area contributed by atoms with Crippen LogP contribution in [0.4, 0.5) is 4.79 Å². The van der Waals surface area contributed by atoms with Gasteiger partial charge in [-0.25, -0.2) is 4.79 Å². The number of hydrogen-bond donors (Lipinski definition) is 3. The lowest BCUT2D eigenvalue weighted by molar-refractivity contribution is -0.127. The van der Waals surface area contributed by atoms with Crippen LogP contribution in [0.15, 0.2) is 35.4 Å². The largest absolute Gasteiger partial charge is 0.497 e. The molecule has 0 spiro atoms. The molecular weight excluding hydrogens is 380 g/mol. The van der Waals surface area contributed by atoms with E-state index in [-0.39, 0.29) is 30.2 Å². The molecule has 2 atom stereocenters. The van der Waals surface area contributed by atoms with E-state index in [2.05, 4.69) is 16.0 Å². The Hall–Kier alpha value is -2.68. The van der Waals surface area contributed by atoms with Crippen molar-refractivity contribution < 1.29 is 19.1 Å². The minimum atomic E-state index is -0.654. The molecule has 150 valence electrons. The third-order valence-electron chi connectivity index (χ3n) is 4.58. The second-order valence-corrected chi connectivity index (χ2v) is 7.64. The van der Waals surface area contributed by atoms with Crippen molar-refractivity contribution in [2.75, 3.05) is 13.7 Å². The lowest BCUT2D eigenvalue weighted by Crippen LogP contribution is -2.40. The first-order valence-corrected chi connectivity index (χ1v) is 10.0. The van der Waals surface area contributed by atoms with Crippen molar-refractivity contribution >= 4 is 29.6 Å². The fourth-order valence-corrected chi connectivity index (χ4v) is 3.89. The van der Waals surface area contributed by atoms with Gasteiger partial charge in [0.15, 0.2) is 5.50 Å². The van der Waals surface area contributed by atoms with Gasteiger partial charge in [-0.05, 0) is 42.9 Å². The van der Waals surface area contributed by atoms with Crippen LogP contribution in [0, 0.1) is 0 Å². The maximum Gasteiger partial charge on any atom is 0.324 e. The predicted octanol–water partition coefficient (Wildman–Crippen LogP) is 1.54. The number of carbonyl (C=O) groups excluding carboxylic acids is 3. The average Bonchev–Trinajstić information content (AvgIpc) is 3.21. The summed E-state index contributed by atoms with van der Waals surface area (Å²) in [6.45, 7) is 2.22. The first-order valence-electron chi connectivity index (χ1n) is 9.09. The number of nitrogens with zero attached hydrogens (tertiary/aromatic N) is 1. The molecule has 9 heteroatoms. The van der Waals surface area contributed by atoms with E-state index in [1.54, 1.807) is 7.11 Å². The quantitative estimate of drug-likeness (QED) is 0.569. The predicted molar refractivity (Wildman–Crippen MR) is 106 cm³/mol. The molecule has 1 aromatic carbocycles. The summed E-state index contributed by atoms with van der Waals surface area (Å²) in [4.78, 5) is 37.9. The highest BCUT2D eigenvalue weighted by molar-refractivity contribution is 8.02. The summed E-state index contributed by atoms with van der Waals surface area (Å²) in [7, 11) is 1.60. The Balaban J connectivity index is 1.44. The molecule has 3 rings (SSSR count). The summed E-state index contributed by atoms with van der Waals surface area (Å²) in [6, 6.07) is 6.44. The van der Waals surface area contributed by atoms with Gasteiger partial charge in [-0.15, -0.1) is 0 Å². The lowest BCUT2D eigenvalue weighted by Gasteiger charge is -2.15. The second-order valence-electron chi connectivity index (χ2n) is 6.66. The third-order valence-corrected chi connectivity index (χ3v) is 5.58. The van der Waals surface area contributed by atoms with E-state index in [1.807, 2.05) is 36.6 Å². The average molecular weight is 404 g/mol. The molecule has 1 saturated heterocycles. The summed E-state index contributed by atoms with van der Waals surface area (Å²) in [5.41, 5.74) is 1.83. The number of thioether (sulfide) groups is 1. The molecular formula is C19H24N4O4S. The van der Waals surface area contributed by atoms with Crippen molar-refractivity contribution in [3.8, 4) is 5.75 Å². The van der Waals surface area contributed by atoms with Crippen molar-refractivity contribution in [3.05, 3.63) is 40.9 Å². The number of ether oxygens (including phenoxy) is 1. The molecule has 1 aromatic rings. The molecule has 2 heterocycles. The van der Waals surface area contributed by atoms with Gasteiger partial charge in [0.2, 0.25) is 5.91 Å². The van der Waals surface area contributed by atoms with Crippen LogP contribution in [0.3, 0.4) is 0 Å². The Morgan fingerprint density at radius 1 is 1.25 bits per heavy atom. The van der Waals surface area contributed by atoms with Gasteiger partial charge in [0, 0.05) is 18.7 Å². The van der Waals surface area contributed by atoms with Gasteiger partial charge in [-0.2, -0.15) is 0 Å². The molecule has 0 aliphatic carbocycles. The van der Waals surface area contributed by atoms with Crippen molar-refractivity contribution in [2.24, 2.45) is 0 Å². The fourth-order valence-electron chi connectivity index (χ4n) is 3.03. The number of nitrogens with one attached hydrogen (secondary N) is 3. The maximum absolute atomic E-state index is 12.5. The molecule has 2 aliphatic rings. The molecule has 0 aromatic heterocycles. The van der Waals surface area contributed by atoms with E-state index in [9.17, 15) is 14.4 Å². The molecule has 0 unspecified atom stereocenters. The van der Waals surface area contributed by atoms with Gasteiger partial charge in [0.25, 0.3) is 5.91 Å². The van der Waals surface area contributed by atoms with Gasteiger partial charge in [0.05, 0.1) is 7.11 Å². The number of methoxy groups -OCH3 is 1. The third kappa shape index (κ3) is 4.98. The van der Waals surface area contributed by atoms with Crippen molar-refractivity contribution in [3.63, 3.8) is 0 Å². The molecule has 0 saturated carbocycles. The summed E-state index contributed by atoms with van der Waals surface area (Å²) < 4.78 is 5.12. The highest BCUT2D eigenvalue weighted by atomic mass is 32.2. The number of carbonyl (C=O) groups is 3. The van der Waals surface area contributed by atoms with E-state index in [4.69, 9.17) is 4.74 Å². The first kappa shape index (κ1) is 20.1. The lowest BCUT2D eigenvalue weighted by atomic mass is 10.1. The van der Waals surface area contributed by atoms with Crippen molar-refractivity contribution in [1.82, 2.24) is 20.9 Å². The number of benzene rings is 1. The van der Waals surface area contributed by atoms with Crippen molar-refractivity contribution in [1.29, 1.82) is 0 Å². The Morgan fingerprint density at radius 3 is 2.64 bits per heavy atom. The minimum Gasteiger partial charge on any atom is -0.497 e. The molecule has 28 heavy (non-hydrogen) atoms. The van der Waals surface area contributed by atoms with Gasteiger partial charge >= 0.3 is 6.03 Å². The Bertz CT molecular complexity index is 781. The maximum atomic E-state index is 12.5. The highest BCUT2D eigenvalue weighted by Gasteiger charge is 2.37. The van der Waals surface area contributed by atoms with Crippen LogP contribution in [0.2, 0.25) is 0 Å². The standard InChI is InChI=1S/C19H24N4O4S/c1-12-11-28-18(20-12)22-16(24)8-7-15-17(25)23(19(26)21-15)10-9-13-3-5-14(27-2)6-4-13/h3-6,11,15,18,20H,7-10H2,1-2H3,(H,21,26)(H,22,24)/t15-,18-/m0/s1. The number of hydrogen-bond acceptors (Lipinski definition) is 6. The highest BCUT2D eigenvalue weighted by Crippen LogP contribution is 2.19. The monoisotopic (exact) mass is 404 g/mol. The fraction of sp³-hybridized carbons (Fsp3) is 0.421. The summed E-state index contributed by atoms with van der Waals surface area (Å²) in [6.07, 6.45) is 1.01. The molecule has 4 amide bonds. The van der Waals surface area contributed by atoms with E-state index in [0.29, 0.717) is 13.0 Å². The van der Waals surface area contributed by atoms with Crippen LogP contribution < -0.4 is 20.7 Å². The Morgan fingerprint density at radius 2 is 2.00 bits per heavy atom. The van der Waals surface area contributed by atoms with Crippen LogP contribution >= 0.6 is 11.8 Å². The van der Waals surface area contributed by atoms with E-state index in [1.165, 1.54) is 16.7 Å². The van der Waals surface area contributed by atoms with E-state index < -0.39 is 12.1 Å². The van der Waals surface area contributed by atoms with Crippen LogP contribution in [0.5, 0.6) is 5.75 Å². The van der Waals surface area contributed by atoms with Crippen molar-refractivity contribution in [2.45, 2.75) is 37.7 Å². The number of amides is 4. The Labute approximate surface area is 168 Å². The summed E-state index contributed by atoms with van der Waals surface area (Å²) in [5, 5.41) is 10.6. The molecule has 8 nitrogen and oxygen atoms in total. The first-order chi connectivity index (χ1) is 13.5. The van der Waals surface area contributed by atoms with Crippen LogP contribution in [0.1, 0.15) is 25.3 Å². The number of urea groups is 1. The van der Waals surface area contributed by atoms with Gasteiger partial charge in [-0.3, -0.25) is 14.5 Å². The summed E-state index contributed by atoms with van der Waals surface area (Å²) in [5.74, 6) is 0.318. The second kappa shape index (κ2) is 9.01. The summed E-state index contributed by atoms with van der Waals surface area (Å²) >= 11 is 1.49. The zero-order valence-corrected chi connectivity index (χ0v) is 16.7. The molecule has 3 N–H and O–H groups in total. The normalized spacial score (nSPS) is 21.2. The minimum absolute atomic E-state index is 0.160. The molecule has 2 aliphatic heterocycles. The van der Waals surface area contributed by atoms with Gasteiger partial charge in [0.1, 0.15) is 11.8 Å². The number of allylic oxidation sites excluding steroid dienone is 1. The van der Waals surface area contributed by atoms with Crippen LogP contribution in [-0.2, 0) is 16.0 Å². The smallest absolute Gasteiger partial charge is 0.324 e. The molecule has 1 fully saturated rings. The van der Waals surface area contributed by atoms with E-state index >= 15 is 0 Å². The SMILES string of the molecule is COc1ccc(CCN2C(=O)N[C@@H](CCC(=O)N[C@@H]3NC(C)=CS3)C2=O)cc1. The van der Waals surface area contributed by atoms with Crippen LogP contribution in [-0.4, -0.2) is 47.9 Å².